The number of halogens is 2. The molecular weight excluding hydrogens is 319 g/mol. The molecule has 0 unspecified atom stereocenters. The van der Waals surface area contributed by atoms with Crippen molar-refractivity contribution >= 4 is 34.8 Å². The lowest BCUT2D eigenvalue weighted by atomic mass is 10.1. The van der Waals surface area contributed by atoms with Gasteiger partial charge in [-0.2, -0.15) is 0 Å². The van der Waals surface area contributed by atoms with Crippen molar-refractivity contribution in [3.8, 4) is 0 Å². The zero-order valence-corrected chi connectivity index (χ0v) is 12.9. The molecule has 1 atom stereocenters. The number of rotatable bonds is 3. The maximum absolute atomic E-state index is 13.6. The molecule has 1 aliphatic heterocycles. The van der Waals surface area contributed by atoms with Crippen molar-refractivity contribution in [1.29, 1.82) is 0 Å². The fourth-order valence-electron chi connectivity index (χ4n) is 2.55. The Kier molecular flexibility index (Phi) is 4.30. The third-order valence-electron chi connectivity index (χ3n) is 3.77. The van der Waals surface area contributed by atoms with Crippen LogP contribution in [0.5, 0.6) is 0 Å². The first-order valence-electron chi connectivity index (χ1n) is 7.16. The summed E-state index contributed by atoms with van der Waals surface area (Å²) in [7, 11) is 0. The number of para-hydroxylation sites is 1. The Morgan fingerprint density at radius 3 is 2.57 bits per heavy atom. The van der Waals surface area contributed by atoms with Gasteiger partial charge in [-0.1, -0.05) is 23.7 Å². The summed E-state index contributed by atoms with van der Waals surface area (Å²) >= 11 is 5.84. The van der Waals surface area contributed by atoms with E-state index < -0.39 is 11.7 Å². The summed E-state index contributed by atoms with van der Waals surface area (Å²) in [6, 6.07) is 12.8. The summed E-state index contributed by atoms with van der Waals surface area (Å²) in [5.41, 5.74) is 0.815. The van der Waals surface area contributed by atoms with Crippen LogP contribution in [0, 0.1) is 11.7 Å². The predicted molar refractivity (Wildman–Crippen MR) is 86.9 cm³/mol. The van der Waals surface area contributed by atoms with Crippen LogP contribution in [0.25, 0.3) is 0 Å². The minimum atomic E-state index is -0.516. The quantitative estimate of drug-likeness (QED) is 0.935. The average Bonchev–Trinajstić information content (AvgIpc) is 2.92. The monoisotopic (exact) mass is 332 g/mol. The lowest BCUT2D eigenvalue weighted by Crippen LogP contribution is -2.28. The number of amides is 2. The van der Waals surface area contributed by atoms with E-state index in [1.54, 1.807) is 41.3 Å². The zero-order valence-electron chi connectivity index (χ0n) is 12.1. The maximum Gasteiger partial charge on any atom is 0.229 e. The molecule has 1 N–H and O–H groups in total. The Bertz CT molecular complexity index is 749. The van der Waals surface area contributed by atoms with Crippen LogP contribution in [-0.4, -0.2) is 18.4 Å². The van der Waals surface area contributed by atoms with Crippen LogP contribution in [0.4, 0.5) is 15.8 Å². The fourth-order valence-corrected chi connectivity index (χ4v) is 2.68. The van der Waals surface area contributed by atoms with Crippen LogP contribution in [0.1, 0.15) is 6.42 Å². The lowest BCUT2D eigenvalue weighted by Gasteiger charge is -2.16. The summed E-state index contributed by atoms with van der Waals surface area (Å²) < 4.78 is 13.6. The molecular formula is C17H14ClFN2O2. The van der Waals surface area contributed by atoms with Crippen molar-refractivity contribution < 1.29 is 14.0 Å². The third kappa shape index (κ3) is 3.35. The van der Waals surface area contributed by atoms with Gasteiger partial charge in [-0.25, -0.2) is 4.39 Å². The molecule has 1 saturated heterocycles. The highest BCUT2D eigenvalue weighted by atomic mass is 35.5. The molecule has 0 aromatic heterocycles. The molecule has 2 aromatic carbocycles. The minimum Gasteiger partial charge on any atom is -0.323 e. The molecule has 118 valence electrons. The van der Waals surface area contributed by atoms with Crippen LogP contribution < -0.4 is 10.2 Å². The Morgan fingerprint density at radius 1 is 1.17 bits per heavy atom. The second kappa shape index (κ2) is 6.38. The van der Waals surface area contributed by atoms with Crippen LogP contribution in [-0.2, 0) is 9.59 Å². The van der Waals surface area contributed by atoms with Crippen molar-refractivity contribution in [2.75, 3.05) is 16.8 Å². The van der Waals surface area contributed by atoms with Gasteiger partial charge in [0.1, 0.15) is 5.82 Å². The molecule has 0 spiro atoms. The number of carbonyl (C=O) groups excluding carboxylic acids is 2. The summed E-state index contributed by atoms with van der Waals surface area (Å²) in [6.45, 7) is 0.265. The van der Waals surface area contributed by atoms with Crippen molar-refractivity contribution in [1.82, 2.24) is 0 Å². The highest BCUT2D eigenvalue weighted by Crippen LogP contribution is 2.27. The van der Waals surface area contributed by atoms with E-state index in [2.05, 4.69) is 5.32 Å². The molecule has 1 heterocycles. The first-order valence-corrected chi connectivity index (χ1v) is 7.54. The van der Waals surface area contributed by atoms with Gasteiger partial charge < -0.3 is 10.2 Å². The van der Waals surface area contributed by atoms with Gasteiger partial charge in [-0.05, 0) is 36.4 Å². The molecule has 23 heavy (non-hydrogen) atoms. The SMILES string of the molecule is O=C(Nc1ccccc1F)[C@H]1CC(=O)N(c2ccc(Cl)cc2)C1. The van der Waals surface area contributed by atoms with Crippen LogP contribution in [0.15, 0.2) is 48.5 Å². The third-order valence-corrected chi connectivity index (χ3v) is 4.02. The standard InChI is InChI=1S/C17H14ClFN2O2/c18-12-5-7-13(8-6-12)21-10-11(9-16(21)22)17(23)20-15-4-2-1-3-14(15)19/h1-8,11H,9-10H2,(H,20,23)/t11-/m0/s1. The van der Waals surface area contributed by atoms with E-state index in [1.807, 2.05) is 0 Å². The number of hydrogen-bond donors (Lipinski definition) is 1. The summed E-state index contributed by atoms with van der Waals surface area (Å²) in [6.07, 6.45) is 0.100. The lowest BCUT2D eigenvalue weighted by molar-refractivity contribution is -0.122. The second-order valence-corrected chi connectivity index (χ2v) is 5.79. The van der Waals surface area contributed by atoms with Gasteiger partial charge in [0.05, 0.1) is 11.6 Å². The number of nitrogens with zero attached hydrogens (tertiary/aromatic N) is 1. The Labute approximate surface area is 137 Å². The van der Waals surface area contributed by atoms with E-state index in [-0.39, 0.29) is 30.5 Å². The van der Waals surface area contributed by atoms with Crippen LogP contribution in [0.2, 0.25) is 5.02 Å². The summed E-state index contributed by atoms with van der Waals surface area (Å²) in [4.78, 5) is 25.9. The van der Waals surface area contributed by atoms with Gasteiger partial charge in [0, 0.05) is 23.7 Å². The molecule has 2 aromatic rings. The highest BCUT2D eigenvalue weighted by molar-refractivity contribution is 6.30. The van der Waals surface area contributed by atoms with Gasteiger partial charge in [0.25, 0.3) is 0 Å². The van der Waals surface area contributed by atoms with Gasteiger partial charge in [-0.3, -0.25) is 9.59 Å². The van der Waals surface area contributed by atoms with Gasteiger partial charge in [0.2, 0.25) is 11.8 Å². The minimum absolute atomic E-state index is 0.100. The molecule has 6 heteroatoms. The molecule has 4 nitrogen and oxygen atoms in total. The first kappa shape index (κ1) is 15.5. The summed E-state index contributed by atoms with van der Waals surface area (Å²) in [5.74, 6) is -1.52. The fraction of sp³-hybridized carbons (Fsp3) is 0.176. The molecule has 0 radical (unpaired) electrons. The zero-order chi connectivity index (χ0) is 16.4. The molecule has 2 amide bonds. The summed E-state index contributed by atoms with van der Waals surface area (Å²) in [5, 5.41) is 3.12. The van der Waals surface area contributed by atoms with E-state index >= 15 is 0 Å². The normalized spacial score (nSPS) is 17.4. The molecule has 0 bridgehead atoms. The Morgan fingerprint density at radius 2 is 1.87 bits per heavy atom. The van der Waals surface area contributed by atoms with Crippen molar-refractivity contribution in [3.63, 3.8) is 0 Å². The van der Waals surface area contributed by atoms with Crippen molar-refractivity contribution in [2.24, 2.45) is 5.92 Å². The number of hydrogen-bond acceptors (Lipinski definition) is 2. The molecule has 0 saturated carbocycles. The van der Waals surface area contributed by atoms with Gasteiger partial charge in [-0.15, -0.1) is 0 Å². The number of nitrogens with one attached hydrogen (secondary N) is 1. The van der Waals surface area contributed by atoms with Crippen LogP contribution >= 0.6 is 11.6 Å². The first-order chi connectivity index (χ1) is 11.0. The smallest absolute Gasteiger partial charge is 0.229 e. The molecule has 3 rings (SSSR count). The largest absolute Gasteiger partial charge is 0.323 e. The predicted octanol–water partition coefficient (Wildman–Crippen LogP) is 3.47. The van der Waals surface area contributed by atoms with Gasteiger partial charge in [0.15, 0.2) is 0 Å². The Balaban J connectivity index is 1.71. The number of carbonyl (C=O) groups is 2. The van der Waals surface area contributed by atoms with Crippen molar-refractivity contribution in [2.45, 2.75) is 6.42 Å². The topological polar surface area (TPSA) is 49.4 Å². The van der Waals surface area contributed by atoms with E-state index in [0.717, 1.165) is 0 Å². The maximum atomic E-state index is 13.6. The van der Waals surface area contributed by atoms with E-state index in [9.17, 15) is 14.0 Å². The van der Waals surface area contributed by atoms with Gasteiger partial charge >= 0.3 is 0 Å². The van der Waals surface area contributed by atoms with Crippen molar-refractivity contribution in [3.05, 3.63) is 59.4 Å². The Hall–Kier alpha value is -2.40. The molecule has 1 fully saturated rings. The molecule has 0 aliphatic carbocycles. The van der Waals surface area contributed by atoms with E-state index in [4.69, 9.17) is 11.6 Å². The van der Waals surface area contributed by atoms with E-state index in [0.29, 0.717) is 10.7 Å². The van der Waals surface area contributed by atoms with Crippen LogP contribution in [0.3, 0.4) is 0 Å². The number of anilines is 2. The van der Waals surface area contributed by atoms with E-state index in [1.165, 1.54) is 12.1 Å². The second-order valence-electron chi connectivity index (χ2n) is 5.35. The molecule has 1 aliphatic rings. The number of benzene rings is 2. The highest BCUT2D eigenvalue weighted by Gasteiger charge is 2.35. The average molecular weight is 333 g/mol.